The standard InChI is InChI=1S/C8H20N2O/c1-6(9)4-7(2)10-5-8(3)11/h6-8,10-11H,4-5,9H2,1-3H3. The maximum atomic E-state index is 8.94. The lowest BCUT2D eigenvalue weighted by Gasteiger charge is -2.16. The molecule has 0 bridgehead atoms. The van der Waals surface area contributed by atoms with Crippen molar-refractivity contribution >= 4 is 0 Å². The third kappa shape index (κ3) is 7.78. The number of aliphatic hydroxyl groups excluding tert-OH is 1. The highest BCUT2D eigenvalue weighted by molar-refractivity contribution is 4.67. The van der Waals surface area contributed by atoms with Gasteiger partial charge in [-0.05, 0) is 27.2 Å². The molecule has 0 aromatic carbocycles. The number of nitrogens with two attached hydrogens (primary N) is 1. The smallest absolute Gasteiger partial charge is 0.0636 e. The second kappa shape index (κ2) is 5.52. The highest BCUT2D eigenvalue weighted by Crippen LogP contribution is 1.93. The van der Waals surface area contributed by atoms with Gasteiger partial charge in [-0.3, -0.25) is 0 Å². The number of nitrogens with one attached hydrogen (secondary N) is 1. The van der Waals surface area contributed by atoms with E-state index in [1.54, 1.807) is 6.92 Å². The van der Waals surface area contributed by atoms with Crippen molar-refractivity contribution < 1.29 is 5.11 Å². The summed E-state index contributed by atoms with van der Waals surface area (Å²) in [5.41, 5.74) is 5.60. The van der Waals surface area contributed by atoms with Crippen LogP contribution in [0.4, 0.5) is 0 Å². The van der Waals surface area contributed by atoms with Crippen LogP contribution in [-0.4, -0.2) is 29.8 Å². The van der Waals surface area contributed by atoms with Crippen LogP contribution in [0.3, 0.4) is 0 Å². The average Bonchev–Trinajstić information content (AvgIpc) is 1.82. The van der Waals surface area contributed by atoms with E-state index in [1.807, 2.05) is 6.92 Å². The maximum absolute atomic E-state index is 8.94. The fourth-order valence-electron chi connectivity index (χ4n) is 1.01. The van der Waals surface area contributed by atoms with Crippen molar-refractivity contribution in [1.29, 1.82) is 0 Å². The molecule has 0 aromatic heterocycles. The van der Waals surface area contributed by atoms with E-state index in [4.69, 9.17) is 10.8 Å². The van der Waals surface area contributed by atoms with Crippen LogP contribution in [-0.2, 0) is 0 Å². The minimum absolute atomic E-state index is 0.228. The summed E-state index contributed by atoms with van der Waals surface area (Å²) in [5.74, 6) is 0. The van der Waals surface area contributed by atoms with E-state index in [9.17, 15) is 0 Å². The van der Waals surface area contributed by atoms with Crippen molar-refractivity contribution in [1.82, 2.24) is 5.32 Å². The zero-order chi connectivity index (χ0) is 8.85. The van der Waals surface area contributed by atoms with Crippen molar-refractivity contribution in [2.24, 2.45) is 5.73 Å². The quantitative estimate of drug-likeness (QED) is 0.534. The molecular weight excluding hydrogens is 140 g/mol. The Balaban J connectivity index is 3.29. The zero-order valence-corrected chi connectivity index (χ0v) is 7.67. The second-order valence-electron chi connectivity index (χ2n) is 3.37. The van der Waals surface area contributed by atoms with E-state index in [-0.39, 0.29) is 12.1 Å². The third-order valence-corrected chi connectivity index (χ3v) is 1.49. The Kier molecular flexibility index (Phi) is 5.46. The molecule has 11 heavy (non-hydrogen) atoms. The van der Waals surface area contributed by atoms with Crippen molar-refractivity contribution in [2.45, 2.75) is 45.4 Å². The van der Waals surface area contributed by atoms with Gasteiger partial charge in [-0.25, -0.2) is 0 Å². The number of hydrogen-bond acceptors (Lipinski definition) is 3. The van der Waals surface area contributed by atoms with Gasteiger partial charge in [-0.2, -0.15) is 0 Å². The second-order valence-corrected chi connectivity index (χ2v) is 3.37. The first kappa shape index (κ1) is 10.9. The molecule has 0 saturated carbocycles. The summed E-state index contributed by atoms with van der Waals surface area (Å²) >= 11 is 0. The van der Waals surface area contributed by atoms with Crippen LogP contribution >= 0.6 is 0 Å². The van der Waals surface area contributed by atoms with Gasteiger partial charge in [0.05, 0.1) is 6.10 Å². The molecule has 0 saturated heterocycles. The lowest BCUT2D eigenvalue weighted by atomic mass is 10.1. The highest BCUT2D eigenvalue weighted by Gasteiger charge is 2.04. The fourth-order valence-corrected chi connectivity index (χ4v) is 1.01. The van der Waals surface area contributed by atoms with Crippen molar-refractivity contribution in [3.8, 4) is 0 Å². The van der Waals surface area contributed by atoms with Crippen LogP contribution in [0, 0.1) is 0 Å². The minimum Gasteiger partial charge on any atom is -0.392 e. The molecular formula is C8H20N2O. The van der Waals surface area contributed by atoms with Gasteiger partial charge in [0, 0.05) is 18.6 Å². The van der Waals surface area contributed by atoms with Gasteiger partial charge in [0.1, 0.15) is 0 Å². The Bertz CT molecular complexity index is 94.1. The van der Waals surface area contributed by atoms with Gasteiger partial charge in [0.2, 0.25) is 0 Å². The van der Waals surface area contributed by atoms with E-state index in [0.717, 1.165) is 6.42 Å². The first-order valence-corrected chi connectivity index (χ1v) is 4.19. The van der Waals surface area contributed by atoms with E-state index >= 15 is 0 Å². The lowest BCUT2D eigenvalue weighted by molar-refractivity contribution is 0.186. The van der Waals surface area contributed by atoms with Crippen LogP contribution < -0.4 is 11.1 Å². The van der Waals surface area contributed by atoms with Gasteiger partial charge in [0.25, 0.3) is 0 Å². The molecule has 3 unspecified atom stereocenters. The van der Waals surface area contributed by atoms with Gasteiger partial charge in [-0.15, -0.1) is 0 Å². The molecule has 0 aliphatic rings. The summed E-state index contributed by atoms with van der Waals surface area (Å²) < 4.78 is 0. The van der Waals surface area contributed by atoms with Crippen molar-refractivity contribution in [3.05, 3.63) is 0 Å². The molecule has 4 N–H and O–H groups in total. The molecule has 0 radical (unpaired) electrons. The molecule has 68 valence electrons. The SMILES string of the molecule is CC(N)CC(C)NCC(C)O. The van der Waals surface area contributed by atoms with Gasteiger partial charge < -0.3 is 16.2 Å². The molecule has 3 heteroatoms. The van der Waals surface area contributed by atoms with Crippen LogP contribution in [0.15, 0.2) is 0 Å². The predicted molar refractivity (Wildman–Crippen MR) is 47.4 cm³/mol. The molecule has 0 spiro atoms. The molecule has 0 heterocycles. The highest BCUT2D eigenvalue weighted by atomic mass is 16.3. The topological polar surface area (TPSA) is 58.3 Å². The molecule has 0 fully saturated rings. The molecule has 0 aliphatic heterocycles. The molecule has 0 aromatic rings. The van der Waals surface area contributed by atoms with Crippen LogP contribution in [0.1, 0.15) is 27.2 Å². The summed E-state index contributed by atoms with van der Waals surface area (Å²) in [6.07, 6.45) is 0.678. The molecule has 3 nitrogen and oxygen atoms in total. The average molecular weight is 160 g/mol. The number of hydrogen-bond donors (Lipinski definition) is 3. The van der Waals surface area contributed by atoms with E-state index in [1.165, 1.54) is 0 Å². The van der Waals surface area contributed by atoms with Gasteiger partial charge in [0.15, 0.2) is 0 Å². The van der Waals surface area contributed by atoms with Gasteiger partial charge in [-0.1, -0.05) is 0 Å². The fraction of sp³-hybridized carbons (Fsp3) is 1.00. The van der Waals surface area contributed by atoms with Crippen LogP contribution in [0.5, 0.6) is 0 Å². The Morgan fingerprint density at radius 1 is 1.36 bits per heavy atom. The Labute approximate surface area is 69.0 Å². The number of aliphatic hydroxyl groups is 1. The largest absolute Gasteiger partial charge is 0.392 e. The maximum Gasteiger partial charge on any atom is 0.0636 e. The Morgan fingerprint density at radius 2 is 1.91 bits per heavy atom. The predicted octanol–water partition coefficient (Wildman–Crippen LogP) is 0.0826. The van der Waals surface area contributed by atoms with Crippen molar-refractivity contribution in [3.63, 3.8) is 0 Å². The van der Waals surface area contributed by atoms with E-state index < -0.39 is 0 Å². The third-order valence-electron chi connectivity index (χ3n) is 1.49. The van der Waals surface area contributed by atoms with Crippen LogP contribution in [0.2, 0.25) is 0 Å². The molecule has 3 atom stereocenters. The molecule has 0 amide bonds. The molecule has 0 rings (SSSR count). The first-order valence-electron chi connectivity index (χ1n) is 4.19. The Hall–Kier alpha value is -0.120. The summed E-state index contributed by atoms with van der Waals surface area (Å²) in [4.78, 5) is 0. The summed E-state index contributed by atoms with van der Waals surface area (Å²) in [7, 11) is 0. The lowest BCUT2D eigenvalue weighted by Crippen LogP contribution is -2.36. The Morgan fingerprint density at radius 3 is 2.27 bits per heavy atom. The summed E-state index contributed by atoms with van der Waals surface area (Å²) in [6, 6.07) is 0.621. The normalized spacial score (nSPS) is 19.4. The number of rotatable bonds is 5. The van der Waals surface area contributed by atoms with E-state index in [2.05, 4.69) is 12.2 Å². The van der Waals surface area contributed by atoms with Crippen LogP contribution in [0.25, 0.3) is 0 Å². The minimum atomic E-state index is -0.273. The van der Waals surface area contributed by atoms with Crippen molar-refractivity contribution in [2.75, 3.05) is 6.54 Å². The summed E-state index contributed by atoms with van der Waals surface area (Å²) in [5, 5.41) is 12.1. The molecule has 0 aliphatic carbocycles. The van der Waals surface area contributed by atoms with E-state index in [0.29, 0.717) is 12.6 Å². The zero-order valence-electron chi connectivity index (χ0n) is 7.67. The monoisotopic (exact) mass is 160 g/mol. The van der Waals surface area contributed by atoms with Gasteiger partial charge >= 0.3 is 0 Å². The first-order chi connectivity index (χ1) is 5.02. The summed E-state index contributed by atoms with van der Waals surface area (Å²) in [6.45, 7) is 6.48.